The second kappa shape index (κ2) is 8.44. The number of rotatable bonds is 5. The molecule has 1 aliphatic heterocycles. The first-order valence-corrected chi connectivity index (χ1v) is 9.75. The fraction of sp³-hybridized carbons (Fsp3) is 0.273. The van der Waals surface area contributed by atoms with Gasteiger partial charge in [0.05, 0.1) is 30.2 Å². The lowest BCUT2D eigenvalue weighted by Gasteiger charge is -2.30. The number of amides is 1. The fourth-order valence-electron chi connectivity index (χ4n) is 3.49. The van der Waals surface area contributed by atoms with E-state index in [9.17, 15) is 9.18 Å². The van der Waals surface area contributed by atoms with Gasteiger partial charge in [-0.05, 0) is 56.2 Å². The van der Waals surface area contributed by atoms with Crippen LogP contribution in [0.2, 0.25) is 0 Å². The molecule has 2 aromatic heterocycles. The molecule has 1 N–H and O–H groups in total. The molecule has 1 aromatic carbocycles. The predicted molar refractivity (Wildman–Crippen MR) is 110 cm³/mol. The number of nitrogens with one attached hydrogen (secondary N) is 1. The highest BCUT2D eigenvalue weighted by molar-refractivity contribution is 5.94. The van der Waals surface area contributed by atoms with Crippen molar-refractivity contribution in [3.8, 4) is 5.88 Å². The normalized spacial score (nSPS) is 14.0. The Balaban J connectivity index is 1.54. The van der Waals surface area contributed by atoms with Crippen molar-refractivity contribution >= 4 is 17.4 Å². The lowest BCUT2D eigenvalue weighted by Crippen LogP contribution is -2.29. The summed E-state index contributed by atoms with van der Waals surface area (Å²) < 4.78 is 18.3. The number of hydrogen-bond acceptors (Lipinski definition) is 6. The Labute approximate surface area is 174 Å². The van der Waals surface area contributed by atoms with Gasteiger partial charge in [0.25, 0.3) is 5.91 Å². The number of aromatic nitrogens is 3. The SMILES string of the molecule is COc1cc(N2CCCc3nc(C(C)NC(=O)c4ccc(F)cc4)ccc32)ncn1. The van der Waals surface area contributed by atoms with Gasteiger partial charge in [-0.25, -0.2) is 14.4 Å². The van der Waals surface area contributed by atoms with Crippen LogP contribution in [0, 0.1) is 5.82 Å². The summed E-state index contributed by atoms with van der Waals surface area (Å²) in [4.78, 5) is 27.8. The highest BCUT2D eigenvalue weighted by Crippen LogP contribution is 2.33. The summed E-state index contributed by atoms with van der Waals surface area (Å²) in [6.07, 6.45) is 3.27. The first-order valence-electron chi connectivity index (χ1n) is 9.75. The van der Waals surface area contributed by atoms with Crippen LogP contribution in [0.5, 0.6) is 5.88 Å². The van der Waals surface area contributed by atoms with E-state index >= 15 is 0 Å². The van der Waals surface area contributed by atoms with Crippen LogP contribution in [-0.4, -0.2) is 34.5 Å². The zero-order valence-corrected chi connectivity index (χ0v) is 16.8. The predicted octanol–water partition coefficient (Wildman–Crippen LogP) is 3.59. The molecule has 0 radical (unpaired) electrons. The zero-order chi connectivity index (χ0) is 21.1. The third-order valence-electron chi connectivity index (χ3n) is 5.07. The Morgan fingerprint density at radius 2 is 2.00 bits per heavy atom. The van der Waals surface area contributed by atoms with Gasteiger partial charge in [-0.15, -0.1) is 0 Å². The van der Waals surface area contributed by atoms with E-state index in [1.807, 2.05) is 19.1 Å². The third kappa shape index (κ3) is 4.07. The maximum Gasteiger partial charge on any atom is 0.251 e. The van der Waals surface area contributed by atoms with Crippen LogP contribution in [0.4, 0.5) is 15.9 Å². The summed E-state index contributed by atoms with van der Waals surface area (Å²) in [5.74, 6) is 0.627. The second-order valence-corrected chi connectivity index (χ2v) is 7.08. The number of fused-ring (bicyclic) bond motifs is 1. The van der Waals surface area contributed by atoms with Crippen molar-refractivity contribution < 1.29 is 13.9 Å². The Bertz CT molecular complexity index is 1060. The molecule has 30 heavy (non-hydrogen) atoms. The zero-order valence-electron chi connectivity index (χ0n) is 16.8. The average Bonchev–Trinajstić information content (AvgIpc) is 2.78. The molecule has 1 aliphatic rings. The summed E-state index contributed by atoms with van der Waals surface area (Å²) in [5.41, 5.74) is 3.12. The van der Waals surface area contributed by atoms with Crippen LogP contribution >= 0.6 is 0 Å². The molecule has 7 nitrogen and oxygen atoms in total. The van der Waals surface area contributed by atoms with E-state index in [4.69, 9.17) is 9.72 Å². The second-order valence-electron chi connectivity index (χ2n) is 7.08. The number of hydrogen-bond donors (Lipinski definition) is 1. The van der Waals surface area contributed by atoms with Crippen molar-refractivity contribution in [2.24, 2.45) is 0 Å². The Kier molecular flexibility index (Phi) is 5.56. The summed E-state index contributed by atoms with van der Waals surface area (Å²) in [7, 11) is 1.58. The standard InChI is InChI=1S/C22H22FN5O2/c1-14(26-22(29)15-5-7-16(23)8-6-15)17-9-10-19-18(27-17)4-3-11-28(19)20-12-21(30-2)25-13-24-20/h5-10,12-14H,3-4,11H2,1-2H3,(H,26,29). The van der Waals surface area contributed by atoms with Gasteiger partial charge in [0.1, 0.15) is 18.0 Å². The van der Waals surface area contributed by atoms with Crippen molar-refractivity contribution in [1.82, 2.24) is 20.3 Å². The van der Waals surface area contributed by atoms with E-state index in [2.05, 4.69) is 20.2 Å². The molecule has 154 valence electrons. The van der Waals surface area contributed by atoms with E-state index in [1.54, 1.807) is 13.2 Å². The number of carbonyl (C=O) groups is 1. The van der Waals surface area contributed by atoms with Gasteiger partial charge < -0.3 is 15.0 Å². The van der Waals surface area contributed by atoms with Gasteiger partial charge in [0.2, 0.25) is 5.88 Å². The minimum atomic E-state index is -0.373. The average molecular weight is 407 g/mol. The molecule has 1 unspecified atom stereocenters. The molecule has 0 saturated heterocycles. The molecule has 1 atom stereocenters. The van der Waals surface area contributed by atoms with Crippen molar-refractivity contribution in [3.63, 3.8) is 0 Å². The van der Waals surface area contributed by atoms with E-state index in [0.29, 0.717) is 11.4 Å². The van der Waals surface area contributed by atoms with Crippen molar-refractivity contribution in [1.29, 1.82) is 0 Å². The molecule has 4 rings (SSSR count). The maximum absolute atomic E-state index is 13.1. The summed E-state index contributed by atoms with van der Waals surface area (Å²) in [6, 6.07) is 10.9. The molecular weight excluding hydrogens is 385 g/mol. The molecule has 8 heteroatoms. The summed E-state index contributed by atoms with van der Waals surface area (Å²) in [5, 5.41) is 2.92. The highest BCUT2D eigenvalue weighted by Gasteiger charge is 2.23. The molecule has 1 amide bonds. The molecule has 0 fully saturated rings. The quantitative estimate of drug-likeness (QED) is 0.696. The van der Waals surface area contributed by atoms with Gasteiger partial charge >= 0.3 is 0 Å². The molecule has 0 spiro atoms. The van der Waals surface area contributed by atoms with E-state index < -0.39 is 0 Å². The summed E-state index contributed by atoms with van der Waals surface area (Å²) in [6.45, 7) is 2.71. The Morgan fingerprint density at radius 1 is 1.20 bits per heavy atom. The van der Waals surface area contributed by atoms with Crippen LogP contribution in [0.25, 0.3) is 0 Å². The van der Waals surface area contributed by atoms with Gasteiger partial charge in [-0.2, -0.15) is 0 Å². The third-order valence-corrected chi connectivity index (χ3v) is 5.07. The first kappa shape index (κ1) is 19.8. The van der Waals surface area contributed by atoms with Crippen LogP contribution in [0.3, 0.4) is 0 Å². The van der Waals surface area contributed by atoms with Crippen LogP contribution in [0.15, 0.2) is 48.8 Å². The topological polar surface area (TPSA) is 80.2 Å². The Hall–Kier alpha value is -3.55. The number of carbonyl (C=O) groups excluding carboxylic acids is 1. The number of ether oxygens (including phenoxy) is 1. The number of benzene rings is 1. The molecular formula is C22H22FN5O2. The largest absolute Gasteiger partial charge is 0.481 e. The van der Waals surface area contributed by atoms with E-state index in [-0.39, 0.29) is 17.8 Å². The minimum absolute atomic E-state index is 0.267. The highest BCUT2D eigenvalue weighted by atomic mass is 19.1. The minimum Gasteiger partial charge on any atom is -0.481 e. The molecule has 0 bridgehead atoms. The van der Waals surface area contributed by atoms with Crippen LogP contribution in [-0.2, 0) is 6.42 Å². The number of anilines is 2. The number of nitrogens with zero attached hydrogens (tertiary/aromatic N) is 4. The van der Waals surface area contributed by atoms with Crippen molar-refractivity contribution in [2.45, 2.75) is 25.8 Å². The van der Waals surface area contributed by atoms with Gasteiger partial charge in [0, 0.05) is 18.2 Å². The maximum atomic E-state index is 13.1. The van der Waals surface area contributed by atoms with Gasteiger partial charge in [0.15, 0.2) is 0 Å². The molecule has 3 aromatic rings. The number of aryl methyl sites for hydroxylation is 1. The fourth-order valence-corrected chi connectivity index (χ4v) is 3.49. The Morgan fingerprint density at radius 3 is 2.77 bits per heavy atom. The number of pyridine rings is 1. The summed E-state index contributed by atoms with van der Waals surface area (Å²) >= 11 is 0. The van der Waals surface area contributed by atoms with Gasteiger partial charge in [-0.1, -0.05) is 0 Å². The smallest absolute Gasteiger partial charge is 0.251 e. The van der Waals surface area contributed by atoms with Crippen LogP contribution < -0.4 is 15.0 Å². The molecule has 0 aliphatic carbocycles. The van der Waals surface area contributed by atoms with Crippen molar-refractivity contribution in [3.05, 3.63) is 71.6 Å². The van der Waals surface area contributed by atoms with Gasteiger partial charge in [-0.3, -0.25) is 9.78 Å². The first-order chi connectivity index (χ1) is 14.5. The monoisotopic (exact) mass is 407 g/mol. The molecule has 0 saturated carbocycles. The van der Waals surface area contributed by atoms with E-state index in [0.717, 1.165) is 42.3 Å². The number of halogens is 1. The van der Waals surface area contributed by atoms with E-state index in [1.165, 1.54) is 30.6 Å². The number of methoxy groups -OCH3 is 1. The molecule has 3 heterocycles. The lowest BCUT2D eigenvalue weighted by atomic mass is 10.1. The van der Waals surface area contributed by atoms with Crippen LogP contribution in [0.1, 0.15) is 41.1 Å². The van der Waals surface area contributed by atoms with Crippen molar-refractivity contribution in [2.75, 3.05) is 18.6 Å². The lowest BCUT2D eigenvalue weighted by molar-refractivity contribution is 0.0939.